The summed E-state index contributed by atoms with van der Waals surface area (Å²) in [4.78, 5) is 17.8. The largest absolute Gasteiger partial charge is 0.379 e. The number of nitrogens with one attached hydrogen (secondary N) is 2. The Morgan fingerprint density at radius 3 is 3.06 bits per heavy atom. The average molecular weight is 337 g/mol. The van der Waals surface area contributed by atoms with Crippen molar-refractivity contribution in [3.63, 3.8) is 0 Å². The van der Waals surface area contributed by atoms with Crippen molar-refractivity contribution >= 4 is 28.4 Å². The molecule has 1 aromatic rings. The van der Waals surface area contributed by atoms with Crippen LogP contribution in [0.3, 0.4) is 0 Å². The van der Waals surface area contributed by atoms with Gasteiger partial charge in [-0.1, -0.05) is 13.8 Å². The number of aromatic amines is 1. The summed E-state index contributed by atoms with van der Waals surface area (Å²) >= 11 is 1.97. The Morgan fingerprint density at radius 2 is 2.38 bits per heavy atom. The van der Waals surface area contributed by atoms with Gasteiger partial charge in [0.05, 0.1) is 12.9 Å². The molecule has 0 aliphatic rings. The second-order valence-electron chi connectivity index (χ2n) is 3.79. The van der Waals surface area contributed by atoms with Crippen LogP contribution in [0.2, 0.25) is 0 Å². The molecule has 0 amide bonds. The van der Waals surface area contributed by atoms with E-state index in [9.17, 15) is 4.79 Å². The molecule has 0 aromatic carbocycles. The first-order valence-corrected chi connectivity index (χ1v) is 6.24. The minimum Gasteiger partial charge on any atom is -0.379 e. The highest BCUT2D eigenvalue weighted by Gasteiger charge is 2.03. The highest BCUT2D eigenvalue weighted by molar-refractivity contribution is 14.1. The van der Waals surface area contributed by atoms with Crippen molar-refractivity contribution in [2.45, 2.75) is 13.8 Å². The molecule has 0 aliphatic heterocycles. The van der Waals surface area contributed by atoms with Crippen molar-refractivity contribution in [3.8, 4) is 0 Å². The number of aromatic nitrogens is 2. The molecule has 0 saturated heterocycles. The van der Waals surface area contributed by atoms with Crippen LogP contribution in [-0.2, 0) is 4.74 Å². The Kier molecular flexibility index (Phi) is 5.75. The van der Waals surface area contributed by atoms with Crippen molar-refractivity contribution in [1.82, 2.24) is 9.97 Å². The molecular weight excluding hydrogens is 321 g/mol. The summed E-state index contributed by atoms with van der Waals surface area (Å²) < 4.78 is 5.98. The molecule has 2 N–H and O–H groups in total. The van der Waals surface area contributed by atoms with E-state index < -0.39 is 0 Å². The van der Waals surface area contributed by atoms with E-state index in [0.717, 1.165) is 6.61 Å². The van der Waals surface area contributed by atoms with E-state index in [4.69, 9.17) is 4.74 Å². The van der Waals surface area contributed by atoms with E-state index in [1.165, 1.54) is 6.33 Å². The van der Waals surface area contributed by atoms with Gasteiger partial charge in [-0.05, 0) is 28.5 Å². The second kappa shape index (κ2) is 6.85. The first-order valence-electron chi connectivity index (χ1n) is 5.16. The third kappa shape index (κ3) is 4.48. The van der Waals surface area contributed by atoms with Gasteiger partial charge in [0.15, 0.2) is 0 Å². The van der Waals surface area contributed by atoms with Gasteiger partial charge in [0.25, 0.3) is 5.56 Å². The summed E-state index contributed by atoms with van der Waals surface area (Å²) in [5.41, 5.74) is -0.124. The summed E-state index contributed by atoms with van der Waals surface area (Å²) in [6.45, 7) is 6.23. The van der Waals surface area contributed by atoms with Crippen LogP contribution in [0.4, 0.5) is 5.82 Å². The maximum Gasteiger partial charge on any atom is 0.266 e. The summed E-state index contributed by atoms with van der Waals surface area (Å²) in [7, 11) is 0. The van der Waals surface area contributed by atoms with E-state index in [-0.39, 0.29) is 5.56 Å². The molecule has 6 heteroatoms. The lowest BCUT2D eigenvalue weighted by molar-refractivity contribution is 0.118. The molecule has 0 atom stereocenters. The van der Waals surface area contributed by atoms with Crippen molar-refractivity contribution in [1.29, 1.82) is 0 Å². The van der Waals surface area contributed by atoms with Gasteiger partial charge in [0, 0.05) is 13.2 Å². The lowest BCUT2D eigenvalue weighted by atomic mass is 10.2. The van der Waals surface area contributed by atoms with Gasteiger partial charge in [-0.3, -0.25) is 4.79 Å². The van der Waals surface area contributed by atoms with Crippen LogP contribution in [0.25, 0.3) is 0 Å². The van der Waals surface area contributed by atoms with Crippen molar-refractivity contribution in [2.24, 2.45) is 5.92 Å². The molecule has 0 bridgehead atoms. The first kappa shape index (κ1) is 13.4. The Bertz CT molecular complexity index is 379. The number of hydrogen-bond donors (Lipinski definition) is 2. The van der Waals surface area contributed by atoms with E-state index in [1.807, 2.05) is 22.6 Å². The van der Waals surface area contributed by atoms with Gasteiger partial charge in [-0.25, -0.2) is 4.98 Å². The molecule has 1 heterocycles. The third-order valence-corrected chi connectivity index (χ3v) is 2.79. The number of H-pyrrole nitrogens is 1. The highest BCUT2D eigenvalue weighted by atomic mass is 127. The Morgan fingerprint density at radius 1 is 1.62 bits per heavy atom. The van der Waals surface area contributed by atoms with Crippen LogP contribution in [0.15, 0.2) is 11.1 Å². The maximum absolute atomic E-state index is 11.2. The van der Waals surface area contributed by atoms with E-state index in [0.29, 0.717) is 28.5 Å². The standard InChI is InChI=1S/C10H16IN3O2/c1-7(2)5-16-4-3-12-9-8(11)10(15)14-6-13-9/h6-7H,3-5H2,1-2H3,(H2,12,13,14,15). The van der Waals surface area contributed by atoms with Crippen molar-refractivity contribution in [3.05, 3.63) is 20.3 Å². The van der Waals surface area contributed by atoms with Crippen molar-refractivity contribution in [2.75, 3.05) is 25.1 Å². The summed E-state index contributed by atoms with van der Waals surface area (Å²) in [6.07, 6.45) is 1.39. The zero-order valence-electron chi connectivity index (χ0n) is 9.42. The predicted octanol–water partition coefficient (Wildman–Crippen LogP) is 1.46. The number of halogens is 1. The van der Waals surface area contributed by atoms with E-state index in [2.05, 4.69) is 29.1 Å². The Labute approximate surface area is 108 Å². The zero-order valence-corrected chi connectivity index (χ0v) is 11.6. The van der Waals surface area contributed by atoms with E-state index >= 15 is 0 Å². The van der Waals surface area contributed by atoms with Gasteiger partial charge >= 0.3 is 0 Å². The fourth-order valence-corrected chi connectivity index (χ4v) is 1.55. The third-order valence-electron chi connectivity index (χ3n) is 1.79. The number of hydrogen-bond acceptors (Lipinski definition) is 4. The lowest BCUT2D eigenvalue weighted by Gasteiger charge is -2.08. The molecule has 0 spiro atoms. The minimum absolute atomic E-state index is 0.124. The number of nitrogens with zero attached hydrogens (tertiary/aromatic N) is 1. The first-order chi connectivity index (χ1) is 7.61. The molecule has 90 valence electrons. The topological polar surface area (TPSA) is 67.0 Å². The fraction of sp³-hybridized carbons (Fsp3) is 0.600. The van der Waals surface area contributed by atoms with Gasteiger partial charge < -0.3 is 15.0 Å². The Balaban J connectivity index is 2.32. The number of ether oxygens (including phenoxy) is 1. The van der Waals surface area contributed by atoms with Crippen LogP contribution in [-0.4, -0.2) is 29.7 Å². The lowest BCUT2D eigenvalue weighted by Crippen LogP contribution is -2.18. The van der Waals surface area contributed by atoms with Crippen LogP contribution >= 0.6 is 22.6 Å². The molecule has 0 aliphatic carbocycles. The Hall–Kier alpha value is -0.630. The fourth-order valence-electron chi connectivity index (χ4n) is 1.07. The SMILES string of the molecule is CC(C)COCCNc1nc[nH]c(=O)c1I. The molecule has 0 saturated carbocycles. The van der Waals surface area contributed by atoms with Crippen LogP contribution in [0.1, 0.15) is 13.8 Å². The molecule has 5 nitrogen and oxygen atoms in total. The second-order valence-corrected chi connectivity index (χ2v) is 4.87. The molecule has 1 aromatic heterocycles. The van der Waals surface area contributed by atoms with Crippen LogP contribution < -0.4 is 10.9 Å². The maximum atomic E-state index is 11.2. The van der Waals surface area contributed by atoms with E-state index in [1.54, 1.807) is 0 Å². The average Bonchev–Trinajstić information content (AvgIpc) is 2.23. The smallest absolute Gasteiger partial charge is 0.266 e. The molecule has 1 rings (SSSR count). The van der Waals surface area contributed by atoms with Crippen molar-refractivity contribution < 1.29 is 4.74 Å². The van der Waals surface area contributed by atoms with Gasteiger partial charge in [-0.2, -0.15) is 0 Å². The molecule has 0 fully saturated rings. The number of anilines is 1. The monoisotopic (exact) mass is 337 g/mol. The highest BCUT2D eigenvalue weighted by Crippen LogP contribution is 2.07. The summed E-state index contributed by atoms with van der Waals surface area (Å²) in [5, 5.41) is 3.06. The normalized spacial score (nSPS) is 10.8. The van der Waals surface area contributed by atoms with Crippen LogP contribution in [0.5, 0.6) is 0 Å². The predicted molar refractivity (Wildman–Crippen MR) is 71.7 cm³/mol. The molecule has 0 radical (unpaired) electrons. The summed E-state index contributed by atoms with van der Waals surface area (Å²) in [6, 6.07) is 0. The minimum atomic E-state index is -0.124. The zero-order chi connectivity index (χ0) is 12.0. The molecule has 16 heavy (non-hydrogen) atoms. The quantitative estimate of drug-likeness (QED) is 0.609. The molecule has 0 unspecified atom stereocenters. The van der Waals surface area contributed by atoms with Gasteiger partial charge in [0.1, 0.15) is 9.39 Å². The van der Waals surface area contributed by atoms with Crippen LogP contribution in [0, 0.1) is 9.49 Å². The summed E-state index contributed by atoms with van der Waals surface area (Å²) in [5.74, 6) is 1.15. The van der Waals surface area contributed by atoms with Gasteiger partial charge in [-0.15, -0.1) is 0 Å². The van der Waals surface area contributed by atoms with Gasteiger partial charge in [0.2, 0.25) is 0 Å². The molecular formula is C10H16IN3O2. The number of rotatable bonds is 6.